The average Bonchev–Trinajstić information content (AvgIpc) is 0.829. The zero-order valence-electron chi connectivity index (χ0n) is 60.0. The Morgan fingerprint density at radius 3 is 2.18 bits per heavy atom. The number of quaternary nitrogens is 1. The summed E-state index contributed by atoms with van der Waals surface area (Å²) >= 11 is 1.56. The summed E-state index contributed by atoms with van der Waals surface area (Å²) in [7, 11) is 0. The van der Waals surface area contributed by atoms with Crippen molar-refractivity contribution in [2.24, 2.45) is 27.9 Å². The molecule has 4 saturated carbocycles. The van der Waals surface area contributed by atoms with Gasteiger partial charge in [0.15, 0.2) is 22.5 Å². The van der Waals surface area contributed by atoms with Gasteiger partial charge in [-0.15, -0.1) is 10.2 Å². The largest absolute Gasteiger partial charge is 0.490 e. The Kier molecular flexibility index (Phi) is 23.1. The first-order valence-electron chi connectivity index (χ1n) is 35.8. The number of pyridine rings is 1. The molecule has 0 spiro atoms. The standard InChI is InChI=1S/C72H91N15O10S.C2HF3O2/c1-45(2)60(80-57(88)26-33-96-34-29-85-58(89)24-25-59(85)90)65(92)77-54(16-12-27-74-67(73)95)64(91)76-49-20-18-48(19-21-49)37-87(30-10-7-11-31-87)32-35-97-72-41-69(5)38-70(6,42-72)40-71(39-69,43-72)44-86-47(4)52(36-75-86)51-22-23-56(79-61(51)66(93)94)84-28-13-14-50-46(3)62(82-83-63(50)84)81-68-78-53-15-8-9-17-55(53)98-68;3-2(4,5)1(6)7/h8-9,15,17-25,36,45,54,60H,7,10-14,16,26-35,37-44H2,1-6H3,(H7-,73,74,76,77,78,80,81,82,88,91,92,93,94,95);(H,6,7)/p+1/t54-,60-,69?,70?,71?,72?;/m0./s1. The first kappa shape index (κ1) is 76.7. The minimum absolute atomic E-state index is 0.00688. The van der Waals surface area contributed by atoms with Gasteiger partial charge in [0.2, 0.25) is 17.7 Å². The number of anilines is 5. The second kappa shape index (κ2) is 31.7. The highest BCUT2D eigenvalue weighted by atomic mass is 32.1. The topological polar surface area (TPSA) is 358 Å². The maximum absolute atomic E-state index is 14.1. The fourth-order valence-corrected chi connectivity index (χ4v) is 18.4. The van der Waals surface area contributed by atoms with Crippen LogP contribution in [0.3, 0.4) is 0 Å². The number of benzene rings is 2. The SMILES string of the molecule is Cc1c(Nc2nc3ccccc3s2)nnc2c1CCCN2c1ccc(-c2cnn(CC34CC5(C)CC(C)(C3)CC(OCC[N+]3(Cc6ccc(NC(=O)[C@H](CCCNC(N)=O)NC(=O)[C@@H](NC(=O)CCOCCN7C(=O)C=CC7=O)C(C)C)cc6)CCCCC3)(C5)C4)c2C)c(C(=O)O)n1.O=C(O)C(F)(F)F. The zero-order valence-corrected chi connectivity index (χ0v) is 60.9. The third-order valence-corrected chi connectivity index (χ3v) is 22.2. The number of carboxylic acid groups (broad SMARTS) is 2. The Morgan fingerprint density at radius 2 is 1.51 bits per heavy atom. The number of rotatable bonds is 29. The van der Waals surface area contributed by atoms with E-state index in [9.17, 15) is 51.8 Å². The molecule has 9 N–H and O–H groups in total. The number of hydrogen-bond acceptors (Lipinski definition) is 18. The fourth-order valence-electron chi connectivity index (χ4n) is 17.6. The van der Waals surface area contributed by atoms with Crippen LogP contribution in [0.25, 0.3) is 21.3 Å². The molecule has 13 rings (SSSR count). The number of fused-ring (bicyclic) bond motifs is 2. The Bertz CT molecular complexity index is 4220. The number of aliphatic carboxylic acids is 1. The number of urea groups is 1. The van der Waals surface area contributed by atoms with Gasteiger partial charge in [-0.05, 0) is 156 Å². The number of primary amides is 1. The molecule has 562 valence electrons. The first-order chi connectivity index (χ1) is 49.8. The first-order valence-corrected chi connectivity index (χ1v) is 36.6. The van der Waals surface area contributed by atoms with Gasteiger partial charge < -0.3 is 61.4 Å². The second-order valence-corrected chi connectivity index (χ2v) is 31.3. The molecule has 7 heterocycles. The van der Waals surface area contributed by atoms with Crippen LogP contribution in [0.5, 0.6) is 0 Å². The van der Waals surface area contributed by atoms with Crippen LogP contribution < -0.4 is 37.2 Å². The van der Waals surface area contributed by atoms with Gasteiger partial charge >= 0.3 is 24.1 Å². The van der Waals surface area contributed by atoms with E-state index < -0.39 is 65.8 Å². The molecule has 4 bridgehead atoms. The van der Waals surface area contributed by atoms with E-state index in [4.69, 9.17) is 45.3 Å². The molecule has 7 aliphatic rings. The third-order valence-electron chi connectivity index (χ3n) is 21.2. The molecule has 3 aliphatic heterocycles. The summed E-state index contributed by atoms with van der Waals surface area (Å²) in [5, 5.41) is 47.6. The van der Waals surface area contributed by atoms with Crippen LogP contribution in [0.2, 0.25) is 0 Å². The summed E-state index contributed by atoms with van der Waals surface area (Å²) < 4.78 is 48.8. The van der Waals surface area contributed by atoms with Gasteiger partial charge in [-0.3, -0.25) is 33.6 Å². The van der Waals surface area contributed by atoms with E-state index in [0.717, 1.165) is 143 Å². The molecule has 4 aromatic heterocycles. The predicted octanol–water partition coefficient (Wildman–Crippen LogP) is 9.80. The smallest absolute Gasteiger partial charge is 0.476 e. The van der Waals surface area contributed by atoms with Gasteiger partial charge in [0.25, 0.3) is 11.8 Å². The molecule has 6 aromatic rings. The predicted molar refractivity (Wildman–Crippen MR) is 385 cm³/mol. The van der Waals surface area contributed by atoms with E-state index in [0.29, 0.717) is 54.8 Å². The number of imide groups is 1. The molecule has 5 fully saturated rings. The molecule has 4 aliphatic carbocycles. The van der Waals surface area contributed by atoms with Crippen molar-refractivity contribution in [2.45, 2.75) is 168 Å². The van der Waals surface area contributed by atoms with Gasteiger partial charge in [-0.2, -0.15) is 18.3 Å². The summed E-state index contributed by atoms with van der Waals surface area (Å²) in [6.45, 7) is 18.5. The number of thiazole rings is 1. The van der Waals surface area contributed by atoms with Crippen molar-refractivity contribution >= 4 is 97.3 Å². The van der Waals surface area contributed by atoms with E-state index in [2.05, 4.69) is 62.3 Å². The number of nitrogens with two attached hydrogens (primary N) is 1. The summed E-state index contributed by atoms with van der Waals surface area (Å²) in [4.78, 5) is 111. The number of halogens is 3. The van der Waals surface area contributed by atoms with Crippen LogP contribution in [-0.4, -0.2) is 180 Å². The Morgan fingerprint density at radius 1 is 0.810 bits per heavy atom. The number of aromatic nitrogens is 6. The maximum Gasteiger partial charge on any atom is 0.490 e. The zero-order chi connectivity index (χ0) is 75.2. The monoisotopic (exact) mass is 1470 g/mol. The molecular weight excluding hydrogens is 1380 g/mol. The molecule has 105 heavy (non-hydrogen) atoms. The number of carboxylic acids is 2. The van der Waals surface area contributed by atoms with Crippen molar-refractivity contribution in [2.75, 3.05) is 74.6 Å². The third kappa shape index (κ3) is 18.3. The lowest BCUT2D eigenvalue weighted by atomic mass is 9.39. The molecule has 27 nitrogen and oxygen atoms in total. The van der Waals surface area contributed by atoms with Crippen LogP contribution in [0, 0.1) is 36.0 Å². The number of ether oxygens (including phenoxy) is 2. The number of aromatic carboxylic acids is 1. The molecule has 2 unspecified atom stereocenters. The highest BCUT2D eigenvalue weighted by Gasteiger charge is 2.66. The summed E-state index contributed by atoms with van der Waals surface area (Å²) in [6.07, 6.45) is 10.8. The number of nitrogens with zero attached hydrogens (tertiary/aromatic N) is 9. The minimum atomic E-state index is -5.08. The number of carbonyl (C=O) groups excluding carboxylic acids is 6. The van der Waals surface area contributed by atoms with E-state index in [1.807, 2.05) is 73.5 Å². The number of likely N-dealkylation sites (tertiary alicyclic amines) is 1. The number of piperidine rings is 1. The lowest BCUT2D eigenvalue weighted by molar-refractivity contribution is -0.945. The maximum atomic E-state index is 14.1. The van der Waals surface area contributed by atoms with Gasteiger partial charge in [-0.25, -0.2) is 24.4 Å². The Balaban J connectivity index is 0.00000150. The van der Waals surface area contributed by atoms with Crippen LogP contribution in [0.15, 0.2) is 79.0 Å². The average molecular weight is 1470 g/mol. The van der Waals surface area contributed by atoms with Gasteiger partial charge in [0.1, 0.15) is 31.0 Å². The van der Waals surface area contributed by atoms with Crippen molar-refractivity contribution in [3.05, 3.63) is 107 Å². The summed E-state index contributed by atoms with van der Waals surface area (Å²) in [5.41, 5.74) is 11.8. The van der Waals surface area contributed by atoms with Crippen molar-refractivity contribution in [1.82, 2.24) is 50.8 Å². The van der Waals surface area contributed by atoms with Crippen LogP contribution in [0.4, 0.5) is 46.2 Å². The molecule has 2 aromatic carbocycles. The van der Waals surface area contributed by atoms with Crippen LogP contribution in [-0.2, 0) is 57.8 Å². The van der Waals surface area contributed by atoms with Crippen LogP contribution >= 0.6 is 11.3 Å². The van der Waals surface area contributed by atoms with E-state index in [1.165, 1.54) is 18.6 Å². The van der Waals surface area contributed by atoms with E-state index >= 15 is 0 Å². The van der Waals surface area contributed by atoms with Crippen molar-refractivity contribution in [1.29, 1.82) is 0 Å². The number of carbonyl (C=O) groups is 8. The molecule has 31 heteroatoms. The number of alkyl halides is 3. The van der Waals surface area contributed by atoms with Gasteiger partial charge in [0.05, 0.1) is 61.5 Å². The van der Waals surface area contributed by atoms with Crippen LogP contribution in [0.1, 0.15) is 144 Å². The summed E-state index contributed by atoms with van der Waals surface area (Å²) in [5.74, 6) is -4.72. The quantitative estimate of drug-likeness (QED) is 0.0123. The molecule has 0 radical (unpaired) electrons. The van der Waals surface area contributed by atoms with Crippen molar-refractivity contribution in [3.63, 3.8) is 0 Å². The van der Waals surface area contributed by atoms with Gasteiger partial charge in [-0.1, -0.05) is 63.3 Å². The van der Waals surface area contributed by atoms with E-state index in [-0.39, 0.29) is 72.6 Å². The lowest BCUT2D eigenvalue weighted by Gasteiger charge is -2.69. The lowest BCUT2D eigenvalue weighted by Crippen LogP contribution is -2.65. The van der Waals surface area contributed by atoms with Gasteiger partial charge in [0, 0.05) is 77.4 Å². The Hall–Kier alpha value is -9.46. The minimum Gasteiger partial charge on any atom is -0.476 e. The second-order valence-electron chi connectivity index (χ2n) is 30.3. The number of para-hydroxylation sites is 1. The van der Waals surface area contributed by atoms with Crippen molar-refractivity contribution in [3.8, 4) is 11.1 Å². The highest BCUT2D eigenvalue weighted by molar-refractivity contribution is 7.22. The molecular formula is C74H93F3N15O12S+. The molecule has 7 amide bonds. The highest BCUT2D eigenvalue weighted by Crippen LogP contribution is 2.72. The Labute approximate surface area is 610 Å². The number of amides is 7. The molecule has 1 saturated heterocycles. The number of nitrogens with one attached hydrogen (secondary N) is 5. The normalized spacial score (nSPS) is 22.1. The fraction of sp³-hybridized carbons (Fsp3) is 0.527. The van der Waals surface area contributed by atoms with Crippen molar-refractivity contribution < 1.29 is 75.7 Å². The number of hydrogen-bond donors (Lipinski definition) is 8. The summed E-state index contributed by atoms with van der Waals surface area (Å²) in [6, 6.07) is 16.9. The van der Waals surface area contributed by atoms with E-state index in [1.54, 1.807) is 25.2 Å². The molecule has 4 atom stereocenters.